The van der Waals surface area contributed by atoms with Crippen molar-refractivity contribution in [1.82, 2.24) is 9.88 Å². The van der Waals surface area contributed by atoms with Gasteiger partial charge in [0, 0.05) is 18.9 Å². The van der Waals surface area contributed by atoms with Gasteiger partial charge < -0.3 is 14.7 Å². The monoisotopic (exact) mass is 340 g/mol. The van der Waals surface area contributed by atoms with Gasteiger partial charge in [-0.2, -0.15) is 0 Å². The van der Waals surface area contributed by atoms with Crippen LogP contribution in [0.5, 0.6) is 5.75 Å². The standard InChI is InChI=1S/C20H24N2O3/c1-16-4-2-5-18(12-16)25-15-20(24)8-3-11-22(14-20)19(23)13-17-6-9-21-10-7-17/h2,4-7,9-10,12,24H,3,8,11,13-15H2,1H3. The summed E-state index contributed by atoms with van der Waals surface area (Å²) in [6, 6.07) is 11.4. The summed E-state index contributed by atoms with van der Waals surface area (Å²) < 4.78 is 5.78. The average Bonchev–Trinajstić information content (AvgIpc) is 2.61. The van der Waals surface area contributed by atoms with Crippen LogP contribution in [-0.2, 0) is 11.2 Å². The van der Waals surface area contributed by atoms with Gasteiger partial charge in [0.2, 0.25) is 5.91 Å². The van der Waals surface area contributed by atoms with Crippen molar-refractivity contribution in [3.8, 4) is 5.75 Å². The van der Waals surface area contributed by atoms with Gasteiger partial charge in [0.15, 0.2) is 0 Å². The lowest BCUT2D eigenvalue weighted by atomic mass is 9.93. The maximum Gasteiger partial charge on any atom is 0.227 e. The highest BCUT2D eigenvalue weighted by Crippen LogP contribution is 2.24. The first kappa shape index (κ1) is 17.4. The van der Waals surface area contributed by atoms with Gasteiger partial charge in [-0.15, -0.1) is 0 Å². The van der Waals surface area contributed by atoms with Gasteiger partial charge in [-0.1, -0.05) is 12.1 Å². The summed E-state index contributed by atoms with van der Waals surface area (Å²) in [6.45, 7) is 3.18. The van der Waals surface area contributed by atoms with Crippen LogP contribution in [-0.4, -0.2) is 46.2 Å². The molecule has 1 atom stereocenters. The molecular formula is C20H24N2O3. The third kappa shape index (κ3) is 4.79. The zero-order chi connectivity index (χ0) is 17.7. The SMILES string of the molecule is Cc1cccc(OCC2(O)CCCN(C(=O)Cc3ccncc3)C2)c1. The van der Waals surface area contributed by atoms with Crippen molar-refractivity contribution in [2.24, 2.45) is 0 Å². The van der Waals surface area contributed by atoms with E-state index in [0.717, 1.165) is 23.3 Å². The predicted octanol–water partition coefficient (Wildman–Crippen LogP) is 2.37. The zero-order valence-corrected chi connectivity index (χ0v) is 14.5. The summed E-state index contributed by atoms with van der Waals surface area (Å²) >= 11 is 0. The first-order valence-corrected chi connectivity index (χ1v) is 8.63. The molecular weight excluding hydrogens is 316 g/mol. The molecule has 0 saturated carbocycles. The Morgan fingerprint density at radius 3 is 2.88 bits per heavy atom. The van der Waals surface area contributed by atoms with Crippen molar-refractivity contribution < 1.29 is 14.6 Å². The number of ether oxygens (including phenoxy) is 1. The number of benzene rings is 1. The van der Waals surface area contributed by atoms with E-state index in [2.05, 4.69) is 4.98 Å². The average molecular weight is 340 g/mol. The fourth-order valence-electron chi connectivity index (χ4n) is 3.15. The minimum absolute atomic E-state index is 0.0277. The number of carbonyl (C=O) groups is 1. The van der Waals surface area contributed by atoms with Crippen LogP contribution < -0.4 is 4.74 Å². The fourth-order valence-corrected chi connectivity index (χ4v) is 3.15. The fraction of sp³-hybridized carbons (Fsp3) is 0.400. The number of rotatable bonds is 5. The van der Waals surface area contributed by atoms with Gasteiger partial charge >= 0.3 is 0 Å². The molecule has 0 aliphatic carbocycles. The lowest BCUT2D eigenvalue weighted by Gasteiger charge is -2.39. The van der Waals surface area contributed by atoms with Gasteiger partial charge in [0.1, 0.15) is 18.0 Å². The van der Waals surface area contributed by atoms with E-state index in [1.54, 1.807) is 17.3 Å². The molecule has 0 spiro atoms. The van der Waals surface area contributed by atoms with Crippen molar-refractivity contribution in [1.29, 1.82) is 0 Å². The molecule has 132 valence electrons. The molecule has 25 heavy (non-hydrogen) atoms. The van der Waals surface area contributed by atoms with E-state index in [0.29, 0.717) is 25.9 Å². The highest BCUT2D eigenvalue weighted by molar-refractivity contribution is 5.78. The maximum atomic E-state index is 12.5. The summed E-state index contributed by atoms with van der Waals surface area (Å²) in [5.41, 5.74) is 1.04. The molecule has 5 heteroatoms. The highest BCUT2D eigenvalue weighted by Gasteiger charge is 2.36. The Labute approximate surface area is 148 Å². The lowest BCUT2D eigenvalue weighted by Crippen LogP contribution is -2.53. The smallest absolute Gasteiger partial charge is 0.227 e. The molecule has 2 heterocycles. The molecule has 2 aromatic rings. The number of carbonyl (C=O) groups excluding carboxylic acids is 1. The normalized spacial score (nSPS) is 20.3. The van der Waals surface area contributed by atoms with Crippen LogP contribution in [0.4, 0.5) is 0 Å². The Kier molecular flexibility index (Phi) is 5.34. The second-order valence-electron chi connectivity index (χ2n) is 6.78. The minimum Gasteiger partial charge on any atom is -0.491 e. The van der Waals surface area contributed by atoms with Crippen molar-refractivity contribution in [3.63, 3.8) is 0 Å². The number of β-amino-alcohol motifs (C(OH)–C–C–N with tert-alkyl or cyclic N) is 1. The van der Waals surface area contributed by atoms with Gasteiger partial charge in [-0.05, 0) is 55.2 Å². The quantitative estimate of drug-likeness (QED) is 0.908. The van der Waals surface area contributed by atoms with Crippen LogP contribution in [0, 0.1) is 6.92 Å². The van der Waals surface area contributed by atoms with Crippen LogP contribution in [0.1, 0.15) is 24.0 Å². The predicted molar refractivity (Wildman–Crippen MR) is 95.4 cm³/mol. The lowest BCUT2D eigenvalue weighted by molar-refractivity contribution is -0.139. The molecule has 1 aromatic carbocycles. The number of aryl methyl sites for hydroxylation is 1. The number of amides is 1. The summed E-state index contributed by atoms with van der Waals surface area (Å²) in [4.78, 5) is 18.2. The number of aromatic nitrogens is 1. The Morgan fingerprint density at radius 1 is 1.32 bits per heavy atom. The van der Waals surface area contributed by atoms with E-state index >= 15 is 0 Å². The molecule has 1 fully saturated rings. The van der Waals surface area contributed by atoms with E-state index < -0.39 is 5.60 Å². The molecule has 1 amide bonds. The van der Waals surface area contributed by atoms with E-state index in [1.165, 1.54) is 0 Å². The zero-order valence-electron chi connectivity index (χ0n) is 14.5. The van der Waals surface area contributed by atoms with Crippen LogP contribution in [0.15, 0.2) is 48.8 Å². The Morgan fingerprint density at radius 2 is 2.12 bits per heavy atom. The molecule has 1 aliphatic rings. The van der Waals surface area contributed by atoms with Gasteiger partial charge in [0.25, 0.3) is 0 Å². The van der Waals surface area contributed by atoms with Gasteiger partial charge in [-0.25, -0.2) is 0 Å². The first-order chi connectivity index (χ1) is 12.0. The molecule has 1 N–H and O–H groups in total. The van der Waals surface area contributed by atoms with Crippen molar-refractivity contribution in [2.45, 2.75) is 31.8 Å². The van der Waals surface area contributed by atoms with Crippen LogP contribution in [0.25, 0.3) is 0 Å². The first-order valence-electron chi connectivity index (χ1n) is 8.63. The second kappa shape index (κ2) is 7.66. The van der Waals surface area contributed by atoms with Crippen LogP contribution >= 0.6 is 0 Å². The van der Waals surface area contributed by atoms with Crippen molar-refractivity contribution in [2.75, 3.05) is 19.7 Å². The summed E-state index contributed by atoms with van der Waals surface area (Å²) in [5, 5.41) is 10.9. The maximum absolute atomic E-state index is 12.5. The highest BCUT2D eigenvalue weighted by atomic mass is 16.5. The molecule has 5 nitrogen and oxygen atoms in total. The molecule has 0 bridgehead atoms. The third-order valence-corrected chi connectivity index (χ3v) is 4.51. The number of hydrogen-bond donors (Lipinski definition) is 1. The van der Waals surface area contributed by atoms with Crippen LogP contribution in [0.2, 0.25) is 0 Å². The topological polar surface area (TPSA) is 62.7 Å². The number of hydrogen-bond acceptors (Lipinski definition) is 4. The van der Waals surface area contributed by atoms with E-state index in [1.807, 2.05) is 43.3 Å². The molecule has 1 aliphatic heterocycles. The number of pyridine rings is 1. The molecule has 3 rings (SSSR count). The number of piperidine rings is 1. The largest absolute Gasteiger partial charge is 0.491 e. The van der Waals surface area contributed by atoms with Gasteiger partial charge in [0.05, 0.1) is 13.0 Å². The molecule has 1 aromatic heterocycles. The number of nitrogens with zero attached hydrogens (tertiary/aromatic N) is 2. The Balaban J connectivity index is 1.58. The number of likely N-dealkylation sites (tertiary alicyclic amines) is 1. The van der Waals surface area contributed by atoms with Crippen LogP contribution in [0.3, 0.4) is 0 Å². The van der Waals surface area contributed by atoms with Crippen molar-refractivity contribution in [3.05, 3.63) is 59.9 Å². The molecule has 1 unspecified atom stereocenters. The van der Waals surface area contributed by atoms with E-state index in [9.17, 15) is 9.90 Å². The molecule has 0 radical (unpaired) electrons. The Hall–Kier alpha value is -2.40. The van der Waals surface area contributed by atoms with Gasteiger partial charge in [-0.3, -0.25) is 9.78 Å². The number of aliphatic hydroxyl groups is 1. The minimum atomic E-state index is -1.00. The van der Waals surface area contributed by atoms with E-state index in [4.69, 9.17) is 4.74 Å². The summed E-state index contributed by atoms with van der Waals surface area (Å²) in [6.07, 6.45) is 5.11. The molecule has 1 saturated heterocycles. The summed E-state index contributed by atoms with van der Waals surface area (Å²) in [5.74, 6) is 0.772. The van der Waals surface area contributed by atoms with Crippen molar-refractivity contribution >= 4 is 5.91 Å². The Bertz CT molecular complexity index is 720. The van der Waals surface area contributed by atoms with E-state index in [-0.39, 0.29) is 12.5 Å². The summed E-state index contributed by atoms with van der Waals surface area (Å²) in [7, 11) is 0. The second-order valence-corrected chi connectivity index (χ2v) is 6.78. The third-order valence-electron chi connectivity index (χ3n) is 4.51.